The summed E-state index contributed by atoms with van der Waals surface area (Å²) in [5, 5.41) is 21.9. The minimum atomic E-state index is -0.569. The second-order valence-electron chi connectivity index (χ2n) is 7.32. The van der Waals surface area contributed by atoms with E-state index in [4.69, 9.17) is 11.6 Å². The summed E-state index contributed by atoms with van der Waals surface area (Å²) in [5.41, 5.74) is 2.54. The quantitative estimate of drug-likeness (QED) is 0.755. The van der Waals surface area contributed by atoms with E-state index in [2.05, 4.69) is 15.5 Å². The van der Waals surface area contributed by atoms with E-state index >= 15 is 0 Å². The Kier molecular flexibility index (Phi) is 5.20. The minimum Gasteiger partial charge on any atom is -0.390 e. The van der Waals surface area contributed by atoms with Gasteiger partial charge in [0.05, 0.1) is 36.1 Å². The molecule has 4 rings (SSSR count). The van der Waals surface area contributed by atoms with Crippen molar-refractivity contribution in [1.82, 2.24) is 19.7 Å². The maximum absolute atomic E-state index is 13.4. The molecule has 3 heterocycles. The van der Waals surface area contributed by atoms with Crippen molar-refractivity contribution in [3.05, 3.63) is 46.0 Å². The van der Waals surface area contributed by atoms with Crippen LogP contribution in [0, 0.1) is 5.82 Å². The van der Waals surface area contributed by atoms with Gasteiger partial charge in [-0.15, -0.1) is 0 Å². The third-order valence-electron chi connectivity index (χ3n) is 5.22. The zero-order valence-electron chi connectivity index (χ0n) is 16.4. The molecule has 1 unspecified atom stereocenters. The second kappa shape index (κ2) is 7.69. The standard InChI is InChI=1S/C19H20ClFN6O3/c1-10-5-16-13(17-18(29)25(2)23-12(9-28)7-27(17)24-16)8-26(10)19(30)22-11-3-4-15(21)14(20)6-11/h3-4,6,10,28H,5,7-9H2,1-2H3,(H,22,30). The molecule has 11 heteroatoms. The molecular formula is C19H20ClFN6O3. The number of nitrogens with zero attached hydrogens (tertiary/aromatic N) is 5. The van der Waals surface area contributed by atoms with E-state index < -0.39 is 11.8 Å². The number of hydrazone groups is 1. The average molecular weight is 435 g/mol. The van der Waals surface area contributed by atoms with Crippen molar-refractivity contribution in [2.75, 3.05) is 19.0 Å². The minimum absolute atomic E-state index is 0.0861. The number of anilines is 1. The summed E-state index contributed by atoms with van der Waals surface area (Å²) >= 11 is 5.79. The molecule has 2 aliphatic rings. The van der Waals surface area contributed by atoms with Gasteiger partial charge in [-0.2, -0.15) is 10.2 Å². The van der Waals surface area contributed by atoms with Crippen molar-refractivity contribution in [2.24, 2.45) is 5.10 Å². The second-order valence-corrected chi connectivity index (χ2v) is 7.73. The summed E-state index contributed by atoms with van der Waals surface area (Å²) in [7, 11) is 1.52. The molecule has 0 saturated heterocycles. The lowest BCUT2D eigenvalue weighted by molar-refractivity contribution is 0.0789. The first-order valence-corrected chi connectivity index (χ1v) is 9.72. The number of hydrogen-bond donors (Lipinski definition) is 2. The molecular weight excluding hydrogens is 415 g/mol. The summed E-state index contributed by atoms with van der Waals surface area (Å²) in [4.78, 5) is 27.3. The van der Waals surface area contributed by atoms with E-state index in [1.54, 1.807) is 9.58 Å². The van der Waals surface area contributed by atoms with E-state index in [0.717, 1.165) is 5.69 Å². The number of urea groups is 1. The maximum Gasteiger partial charge on any atom is 0.322 e. The lowest BCUT2D eigenvalue weighted by atomic mass is 9.99. The maximum atomic E-state index is 13.4. The first-order chi connectivity index (χ1) is 14.3. The lowest BCUT2D eigenvalue weighted by Crippen LogP contribution is -2.45. The van der Waals surface area contributed by atoms with Gasteiger partial charge < -0.3 is 15.3 Å². The van der Waals surface area contributed by atoms with Crippen molar-refractivity contribution in [2.45, 2.75) is 32.5 Å². The van der Waals surface area contributed by atoms with Crippen LogP contribution in [0.4, 0.5) is 14.9 Å². The number of hydrogen-bond acceptors (Lipinski definition) is 5. The third-order valence-corrected chi connectivity index (χ3v) is 5.51. The molecule has 3 amide bonds. The van der Waals surface area contributed by atoms with Crippen molar-refractivity contribution in [3.63, 3.8) is 0 Å². The zero-order valence-corrected chi connectivity index (χ0v) is 17.1. The number of nitrogens with one attached hydrogen (secondary N) is 1. The van der Waals surface area contributed by atoms with Crippen LogP contribution >= 0.6 is 11.6 Å². The lowest BCUT2D eigenvalue weighted by Gasteiger charge is -2.33. The molecule has 2 aromatic rings. The summed E-state index contributed by atoms with van der Waals surface area (Å²) in [6.45, 7) is 1.98. The number of aromatic nitrogens is 2. The first-order valence-electron chi connectivity index (χ1n) is 9.35. The Morgan fingerprint density at radius 1 is 1.40 bits per heavy atom. The molecule has 2 N–H and O–H groups in total. The Morgan fingerprint density at radius 2 is 2.17 bits per heavy atom. The third kappa shape index (κ3) is 3.52. The van der Waals surface area contributed by atoms with Crippen molar-refractivity contribution >= 4 is 34.9 Å². The Balaban J connectivity index is 1.62. The molecule has 1 aromatic heterocycles. The number of aliphatic hydroxyl groups excluding tert-OH is 1. The monoisotopic (exact) mass is 434 g/mol. The highest BCUT2D eigenvalue weighted by molar-refractivity contribution is 6.31. The topological polar surface area (TPSA) is 103 Å². The molecule has 0 aliphatic carbocycles. The number of rotatable bonds is 2. The number of benzene rings is 1. The van der Waals surface area contributed by atoms with Gasteiger partial charge in [-0.05, 0) is 25.1 Å². The largest absolute Gasteiger partial charge is 0.390 e. The highest BCUT2D eigenvalue weighted by Gasteiger charge is 2.36. The van der Waals surface area contributed by atoms with Gasteiger partial charge in [0.25, 0.3) is 5.91 Å². The Bertz CT molecular complexity index is 1070. The van der Waals surface area contributed by atoms with Gasteiger partial charge in [0.1, 0.15) is 11.5 Å². The summed E-state index contributed by atoms with van der Waals surface area (Å²) in [5.74, 6) is -0.923. The summed E-state index contributed by atoms with van der Waals surface area (Å²) < 4.78 is 14.9. The van der Waals surface area contributed by atoms with E-state index in [9.17, 15) is 19.1 Å². The Hall–Kier alpha value is -2.98. The van der Waals surface area contributed by atoms with Gasteiger partial charge in [0.15, 0.2) is 0 Å². The van der Waals surface area contributed by atoms with Crippen molar-refractivity contribution in [3.8, 4) is 0 Å². The number of halogens is 2. The van der Waals surface area contributed by atoms with Gasteiger partial charge in [-0.1, -0.05) is 11.6 Å². The number of carbonyl (C=O) groups excluding carboxylic acids is 2. The van der Waals surface area contributed by atoms with Crippen LogP contribution in [0.5, 0.6) is 0 Å². The number of fused-ring (bicyclic) bond motifs is 3. The van der Waals surface area contributed by atoms with E-state index in [1.807, 2.05) is 6.92 Å². The smallest absolute Gasteiger partial charge is 0.322 e. The van der Waals surface area contributed by atoms with Crippen LogP contribution in [0.15, 0.2) is 23.3 Å². The molecule has 0 bridgehead atoms. The van der Waals surface area contributed by atoms with Crippen LogP contribution in [0.1, 0.15) is 28.7 Å². The predicted molar refractivity (Wildman–Crippen MR) is 108 cm³/mol. The fourth-order valence-corrected chi connectivity index (χ4v) is 3.87. The van der Waals surface area contributed by atoms with Gasteiger partial charge in [0.2, 0.25) is 0 Å². The molecule has 1 atom stereocenters. The molecule has 0 radical (unpaired) electrons. The van der Waals surface area contributed by atoms with Crippen LogP contribution in [0.3, 0.4) is 0 Å². The van der Waals surface area contributed by atoms with Crippen molar-refractivity contribution in [1.29, 1.82) is 0 Å². The van der Waals surface area contributed by atoms with E-state index in [1.165, 1.54) is 30.3 Å². The molecule has 30 heavy (non-hydrogen) atoms. The molecule has 158 valence electrons. The highest BCUT2D eigenvalue weighted by Crippen LogP contribution is 2.29. The normalized spacial score (nSPS) is 18.5. The van der Waals surface area contributed by atoms with Crippen LogP contribution in [0.25, 0.3) is 0 Å². The van der Waals surface area contributed by atoms with Gasteiger partial charge in [-0.25, -0.2) is 14.2 Å². The molecule has 0 fully saturated rings. The van der Waals surface area contributed by atoms with Gasteiger partial charge >= 0.3 is 6.03 Å². The molecule has 9 nitrogen and oxygen atoms in total. The SMILES string of the molecule is CC1Cc2nn3c(c2CN1C(=O)Nc1ccc(F)c(Cl)c1)C(=O)N(C)N=C(CO)C3. The predicted octanol–water partition coefficient (Wildman–Crippen LogP) is 2.09. The highest BCUT2D eigenvalue weighted by atomic mass is 35.5. The number of amides is 3. The van der Waals surface area contributed by atoms with Crippen LogP contribution < -0.4 is 5.32 Å². The Morgan fingerprint density at radius 3 is 2.87 bits per heavy atom. The summed E-state index contributed by atoms with van der Waals surface area (Å²) in [6.07, 6.45) is 0.468. The Labute approximate surface area is 176 Å². The first kappa shape index (κ1) is 20.3. The zero-order chi connectivity index (χ0) is 21.6. The van der Waals surface area contributed by atoms with Crippen molar-refractivity contribution < 1.29 is 19.1 Å². The number of aliphatic hydroxyl groups is 1. The molecule has 0 saturated carbocycles. The molecule has 1 aromatic carbocycles. The van der Waals surface area contributed by atoms with Crippen LogP contribution in [-0.2, 0) is 19.5 Å². The van der Waals surface area contributed by atoms with Gasteiger partial charge in [-0.3, -0.25) is 9.48 Å². The summed E-state index contributed by atoms with van der Waals surface area (Å²) in [6, 6.07) is 3.38. The average Bonchev–Trinajstić information content (AvgIpc) is 2.99. The fraction of sp³-hybridized carbons (Fsp3) is 0.368. The number of carbonyl (C=O) groups is 2. The fourth-order valence-electron chi connectivity index (χ4n) is 3.69. The molecule has 0 spiro atoms. The van der Waals surface area contributed by atoms with Crippen LogP contribution in [-0.4, -0.2) is 62.1 Å². The van der Waals surface area contributed by atoms with E-state index in [0.29, 0.717) is 29.1 Å². The van der Waals surface area contributed by atoms with Gasteiger partial charge in [0, 0.05) is 30.8 Å². The van der Waals surface area contributed by atoms with Crippen LogP contribution in [0.2, 0.25) is 5.02 Å². The van der Waals surface area contributed by atoms with E-state index in [-0.39, 0.29) is 36.7 Å². The molecule has 2 aliphatic heterocycles.